The standard InChI is InChI=1S/C19H24N2O4S/c1-3-13-6-8-19(9-7-13,18(23)24)21-16(22)11-14-12(2)25-17(20-14)15-5-4-10-26-15/h4-5,10,13H,3,6-9,11H2,1-2H3,(H,21,22)(H,23,24). The zero-order valence-electron chi connectivity index (χ0n) is 15.1. The first-order chi connectivity index (χ1) is 12.4. The summed E-state index contributed by atoms with van der Waals surface area (Å²) in [7, 11) is 0. The predicted molar refractivity (Wildman–Crippen MR) is 99.0 cm³/mol. The molecule has 26 heavy (non-hydrogen) atoms. The van der Waals surface area contributed by atoms with Crippen molar-refractivity contribution in [3.63, 3.8) is 0 Å². The highest BCUT2D eigenvalue weighted by Gasteiger charge is 2.43. The summed E-state index contributed by atoms with van der Waals surface area (Å²) in [6.07, 6.45) is 3.68. The molecule has 3 rings (SSSR count). The van der Waals surface area contributed by atoms with Crippen LogP contribution in [0.5, 0.6) is 0 Å². The fourth-order valence-corrected chi connectivity index (χ4v) is 4.18. The summed E-state index contributed by atoms with van der Waals surface area (Å²) in [5.41, 5.74) is -0.606. The van der Waals surface area contributed by atoms with Gasteiger partial charge in [-0.15, -0.1) is 11.3 Å². The van der Waals surface area contributed by atoms with Gasteiger partial charge >= 0.3 is 5.97 Å². The number of nitrogens with one attached hydrogen (secondary N) is 1. The van der Waals surface area contributed by atoms with Crippen molar-refractivity contribution in [1.82, 2.24) is 10.3 Å². The number of aliphatic carboxylic acids is 1. The molecule has 2 aromatic rings. The van der Waals surface area contributed by atoms with Crippen molar-refractivity contribution in [2.45, 2.75) is 57.9 Å². The van der Waals surface area contributed by atoms with Crippen LogP contribution in [-0.4, -0.2) is 27.5 Å². The average molecular weight is 376 g/mol. The molecule has 1 saturated carbocycles. The maximum Gasteiger partial charge on any atom is 0.329 e. The van der Waals surface area contributed by atoms with Crippen molar-refractivity contribution >= 4 is 23.2 Å². The second kappa shape index (κ2) is 7.61. The summed E-state index contributed by atoms with van der Waals surface area (Å²) in [6, 6.07) is 3.82. The van der Waals surface area contributed by atoms with E-state index in [1.807, 2.05) is 17.5 Å². The first-order valence-corrected chi connectivity index (χ1v) is 9.86. The van der Waals surface area contributed by atoms with Crippen molar-refractivity contribution < 1.29 is 19.1 Å². The van der Waals surface area contributed by atoms with Crippen molar-refractivity contribution in [1.29, 1.82) is 0 Å². The Balaban J connectivity index is 1.69. The molecule has 0 saturated heterocycles. The lowest BCUT2D eigenvalue weighted by Crippen LogP contribution is -2.56. The Labute approximate surface area is 156 Å². The average Bonchev–Trinajstić information content (AvgIpc) is 3.26. The van der Waals surface area contributed by atoms with Gasteiger partial charge in [-0.05, 0) is 50.0 Å². The molecule has 0 spiro atoms. The fraction of sp³-hybridized carbons (Fsp3) is 0.526. The Bertz CT molecular complexity index is 774. The molecule has 0 unspecified atom stereocenters. The van der Waals surface area contributed by atoms with E-state index in [2.05, 4.69) is 17.2 Å². The number of oxazole rings is 1. The molecule has 7 heteroatoms. The maximum absolute atomic E-state index is 12.5. The van der Waals surface area contributed by atoms with Gasteiger partial charge in [-0.3, -0.25) is 4.79 Å². The number of carbonyl (C=O) groups is 2. The summed E-state index contributed by atoms with van der Waals surface area (Å²) >= 11 is 1.52. The lowest BCUT2D eigenvalue weighted by atomic mass is 9.75. The number of carbonyl (C=O) groups excluding carboxylic acids is 1. The Morgan fingerprint density at radius 1 is 1.42 bits per heavy atom. The van der Waals surface area contributed by atoms with Crippen molar-refractivity contribution in [3.05, 3.63) is 29.0 Å². The highest BCUT2D eigenvalue weighted by molar-refractivity contribution is 7.13. The third kappa shape index (κ3) is 3.82. The van der Waals surface area contributed by atoms with Crippen LogP contribution in [0.1, 0.15) is 50.5 Å². The lowest BCUT2D eigenvalue weighted by molar-refractivity contribution is -0.149. The van der Waals surface area contributed by atoms with Gasteiger partial charge in [0.1, 0.15) is 11.3 Å². The van der Waals surface area contributed by atoms with Crippen LogP contribution in [0.3, 0.4) is 0 Å². The molecule has 1 amide bonds. The van der Waals surface area contributed by atoms with Crippen LogP contribution in [0.2, 0.25) is 0 Å². The minimum absolute atomic E-state index is 0.0208. The Morgan fingerprint density at radius 3 is 2.73 bits per heavy atom. The van der Waals surface area contributed by atoms with Gasteiger partial charge in [-0.25, -0.2) is 9.78 Å². The maximum atomic E-state index is 12.5. The molecule has 6 nitrogen and oxygen atoms in total. The van der Waals surface area contributed by atoms with Crippen LogP contribution in [0.15, 0.2) is 21.9 Å². The summed E-state index contributed by atoms with van der Waals surface area (Å²) in [6.45, 7) is 3.89. The Hall–Kier alpha value is -2.15. The molecular formula is C19H24N2O4S. The molecule has 1 aliphatic rings. The van der Waals surface area contributed by atoms with E-state index in [9.17, 15) is 14.7 Å². The van der Waals surface area contributed by atoms with Gasteiger partial charge in [0.25, 0.3) is 0 Å². The van der Waals surface area contributed by atoms with Crippen LogP contribution in [0, 0.1) is 12.8 Å². The number of aromatic nitrogens is 1. The molecule has 140 valence electrons. The third-order valence-corrected chi connectivity index (χ3v) is 6.13. The predicted octanol–water partition coefficient (Wildman–Crippen LogP) is 3.79. The van der Waals surface area contributed by atoms with E-state index in [4.69, 9.17) is 4.42 Å². The second-order valence-electron chi connectivity index (χ2n) is 6.96. The van der Waals surface area contributed by atoms with Crippen LogP contribution in [0.25, 0.3) is 10.8 Å². The number of hydrogen-bond donors (Lipinski definition) is 2. The molecule has 2 aromatic heterocycles. The van der Waals surface area contributed by atoms with E-state index in [-0.39, 0.29) is 12.3 Å². The number of hydrogen-bond acceptors (Lipinski definition) is 5. The molecule has 0 aromatic carbocycles. The minimum Gasteiger partial charge on any atom is -0.480 e. The highest BCUT2D eigenvalue weighted by Crippen LogP contribution is 2.34. The first-order valence-electron chi connectivity index (χ1n) is 8.98. The first kappa shape index (κ1) is 18.6. The molecule has 2 N–H and O–H groups in total. The van der Waals surface area contributed by atoms with Gasteiger partial charge < -0.3 is 14.8 Å². The smallest absolute Gasteiger partial charge is 0.329 e. The van der Waals surface area contributed by atoms with Gasteiger partial charge in [0.2, 0.25) is 11.8 Å². The monoisotopic (exact) mass is 376 g/mol. The number of nitrogens with zero attached hydrogens (tertiary/aromatic N) is 1. The number of carboxylic acids is 1. The van der Waals surface area contributed by atoms with E-state index in [1.165, 1.54) is 11.3 Å². The van der Waals surface area contributed by atoms with Crippen molar-refractivity contribution in [2.75, 3.05) is 0 Å². The van der Waals surface area contributed by atoms with Crippen LogP contribution in [-0.2, 0) is 16.0 Å². The number of carboxylic acid groups (broad SMARTS) is 1. The largest absolute Gasteiger partial charge is 0.480 e. The number of aryl methyl sites for hydroxylation is 1. The molecule has 1 fully saturated rings. The number of thiophene rings is 1. The van der Waals surface area contributed by atoms with E-state index in [0.717, 1.165) is 24.1 Å². The molecular weight excluding hydrogens is 352 g/mol. The lowest BCUT2D eigenvalue weighted by Gasteiger charge is -2.37. The van der Waals surface area contributed by atoms with Crippen LogP contribution in [0.4, 0.5) is 0 Å². The van der Waals surface area contributed by atoms with E-state index < -0.39 is 11.5 Å². The van der Waals surface area contributed by atoms with Crippen LogP contribution >= 0.6 is 11.3 Å². The van der Waals surface area contributed by atoms with E-state index in [0.29, 0.717) is 36.1 Å². The molecule has 2 heterocycles. The fourth-order valence-electron chi connectivity index (χ4n) is 3.53. The normalized spacial score (nSPS) is 22.9. The van der Waals surface area contributed by atoms with Crippen molar-refractivity contribution in [3.8, 4) is 10.8 Å². The highest BCUT2D eigenvalue weighted by atomic mass is 32.1. The summed E-state index contributed by atoms with van der Waals surface area (Å²) in [5, 5.41) is 14.4. The topological polar surface area (TPSA) is 92.4 Å². The zero-order valence-corrected chi connectivity index (χ0v) is 15.9. The summed E-state index contributed by atoms with van der Waals surface area (Å²) in [4.78, 5) is 29.7. The van der Waals surface area contributed by atoms with Gasteiger partial charge in [-0.2, -0.15) is 0 Å². The summed E-state index contributed by atoms with van der Waals surface area (Å²) in [5.74, 6) is 0.359. The molecule has 0 aliphatic heterocycles. The molecule has 0 bridgehead atoms. The third-order valence-electron chi connectivity index (χ3n) is 5.28. The van der Waals surface area contributed by atoms with E-state index in [1.54, 1.807) is 6.92 Å². The second-order valence-corrected chi connectivity index (χ2v) is 7.91. The zero-order chi connectivity index (χ0) is 18.7. The SMILES string of the molecule is CCC1CCC(NC(=O)Cc2nc(-c3cccs3)oc2C)(C(=O)O)CC1. The molecule has 0 radical (unpaired) electrons. The van der Waals surface area contributed by atoms with Gasteiger partial charge in [0, 0.05) is 0 Å². The number of rotatable bonds is 6. The van der Waals surface area contributed by atoms with Gasteiger partial charge in [0.05, 0.1) is 17.0 Å². The van der Waals surface area contributed by atoms with Gasteiger partial charge in [0.15, 0.2) is 0 Å². The summed E-state index contributed by atoms with van der Waals surface area (Å²) < 4.78 is 5.65. The molecule has 0 atom stereocenters. The number of amides is 1. The Morgan fingerprint density at radius 2 is 2.15 bits per heavy atom. The van der Waals surface area contributed by atoms with Crippen LogP contribution < -0.4 is 5.32 Å². The van der Waals surface area contributed by atoms with E-state index >= 15 is 0 Å². The molecule has 1 aliphatic carbocycles. The van der Waals surface area contributed by atoms with Crippen molar-refractivity contribution in [2.24, 2.45) is 5.92 Å². The van der Waals surface area contributed by atoms with Gasteiger partial charge in [-0.1, -0.05) is 19.4 Å². The Kier molecular flexibility index (Phi) is 5.46. The quantitative estimate of drug-likeness (QED) is 0.800. The minimum atomic E-state index is -1.16.